The van der Waals surface area contributed by atoms with Crippen LogP contribution < -0.4 is 10.6 Å². The number of carbonyl (C=O) groups is 3. The SMILES string of the molecule is Cc1c(O)cccc1C(=O)N[C@@H](Cc1ccccc1)[C@H](O)C(=O)N1CSC(C)(C)[C@H]1C(=O)NCCCl. The first-order valence-electron chi connectivity index (χ1n) is 11.7. The van der Waals surface area contributed by atoms with Crippen LogP contribution in [0.15, 0.2) is 48.5 Å². The van der Waals surface area contributed by atoms with Gasteiger partial charge in [-0.2, -0.15) is 0 Å². The third-order valence-electron chi connectivity index (χ3n) is 6.27. The third-order valence-corrected chi connectivity index (χ3v) is 7.83. The number of aliphatic hydroxyl groups is 1. The minimum Gasteiger partial charge on any atom is -0.508 e. The van der Waals surface area contributed by atoms with Gasteiger partial charge in [-0.25, -0.2) is 0 Å². The van der Waals surface area contributed by atoms with E-state index in [1.54, 1.807) is 19.1 Å². The van der Waals surface area contributed by atoms with Gasteiger partial charge in [-0.05, 0) is 44.9 Å². The molecule has 0 saturated carbocycles. The summed E-state index contributed by atoms with van der Waals surface area (Å²) < 4.78 is -0.581. The summed E-state index contributed by atoms with van der Waals surface area (Å²) in [6, 6.07) is 12.0. The number of aliphatic hydroxyl groups excluding tert-OH is 1. The van der Waals surface area contributed by atoms with E-state index in [4.69, 9.17) is 11.6 Å². The molecule has 1 heterocycles. The molecule has 3 amide bonds. The molecule has 2 aromatic carbocycles. The van der Waals surface area contributed by atoms with Gasteiger partial charge in [0.15, 0.2) is 6.10 Å². The average Bonchev–Trinajstić information content (AvgIpc) is 3.18. The van der Waals surface area contributed by atoms with Crippen LogP contribution in [-0.4, -0.2) is 74.1 Å². The molecule has 194 valence electrons. The largest absolute Gasteiger partial charge is 0.508 e. The van der Waals surface area contributed by atoms with Gasteiger partial charge in [0.05, 0.1) is 11.9 Å². The Labute approximate surface area is 220 Å². The smallest absolute Gasteiger partial charge is 0.254 e. The van der Waals surface area contributed by atoms with Crippen molar-refractivity contribution in [3.05, 3.63) is 65.2 Å². The zero-order chi connectivity index (χ0) is 26.5. The number of alkyl halides is 1. The summed E-state index contributed by atoms with van der Waals surface area (Å²) in [4.78, 5) is 40.9. The second-order valence-electron chi connectivity index (χ2n) is 9.23. The van der Waals surface area contributed by atoms with Gasteiger partial charge in [0.1, 0.15) is 11.8 Å². The predicted octanol–water partition coefficient (Wildman–Crippen LogP) is 2.44. The number of rotatable bonds is 9. The molecule has 8 nitrogen and oxygen atoms in total. The van der Waals surface area contributed by atoms with E-state index in [0.29, 0.717) is 5.56 Å². The Morgan fingerprint density at radius 2 is 1.86 bits per heavy atom. The second-order valence-corrected chi connectivity index (χ2v) is 11.2. The number of hydrogen-bond donors (Lipinski definition) is 4. The molecule has 1 saturated heterocycles. The molecule has 3 rings (SSSR count). The molecule has 1 fully saturated rings. The normalized spacial score (nSPS) is 18.4. The number of amides is 3. The maximum atomic E-state index is 13.6. The molecule has 0 aromatic heterocycles. The van der Waals surface area contributed by atoms with Crippen molar-refractivity contribution >= 4 is 41.1 Å². The summed E-state index contributed by atoms with van der Waals surface area (Å²) in [6.07, 6.45) is -1.42. The predicted molar refractivity (Wildman–Crippen MR) is 141 cm³/mol. The van der Waals surface area contributed by atoms with Crippen LogP contribution in [0.3, 0.4) is 0 Å². The number of phenols is 1. The van der Waals surface area contributed by atoms with Crippen LogP contribution in [0, 0.1) is 6.92 Å². The van der Waals surface area contributed by atoms with E-state index in [1.165, 1.54) is 22.7 Å². The number of phenolic OH excluding ortho intramolecular Hbond substituents is 1. The van der Waals surface area contributed by atoms with Crippen LogP contribution in [0.2, 0.25) is 0 Å². The van der Waals surface area contributed by atoms with Crippen molar-refractivity contribution in [3.63, 3.8) is 0 Å². The third kappa shape index (κ3) is 6.32. The topological polar surface area (TPSA) is 119 Å². The minimum absolute atomic E-state index is 0.0268. The standard InChI is InChI=1S/C26H32ClN3O5S/c1-16-18(10-7-11-20(16)31)23(33)29-19(14-17-8-5-4-6-9-17)21(32)25(35)30-15-36-26(2,3)22(30)24(34)28-13-12-27/h4-11,19,21-22,31-32H,12-15H2,1-3H3,(H,28,34)(H,29,33)/t19-,21-,22+/m0/s1. The monoisotopic (exact) mass is 533 g/mol. The molecule has 0 aliphatic carbocycles. The van der Waals surface area contributed by atoms with Crippen LogP contribution in [0.25, 0.3) is 0 Å². The lowest BCUT2D eigenvalue weighted by Gasteiger charge is -2.33. The Bertz CT molecular complexity index is 1100. The number of carbonyl (C=O) groups excluding carboxylic acids is 3. The first-order valence-corrected chi connectivity index (χ1v) is 13.2. The summed E-state index contributed by atoms with van der Waals surface area (Å²) in [7, 11) is 0. The van der Waals surface area contributed by atoms with Crippen molar-refractivity contribution in [3.8, 4) is 5.75 Å². The molecule has 0 bridgehead atoms. The number of aromatic hydroxyl groups is 1. The molecule has 3 atom stereocenters. The fourth-order valence-corrected chi connectivity index (χ4v) is 5.48. The Hall–Kier alpha value is -2.75. The van der Waals surface area contributed by atoms with Gasteiger partial charge in [-0.3, -0.25) is 14.4 Å². The van der Waals surface area contributed by atoms with Crippen LogP contribution in [0.4, 0.5) is 0 Å². The van der Waals surface area contributed by atoms with Crippen molar-refractivity contribution in [1.82, 2.24) is 15.5 Å². The van der Waals surface area contributed by atoms with E-state index in [-0.39, 0.29) is 41.9 Å². The zero-order valence-electron chi connectivity index (χ0n) is 20.5. The second kappa shape index (κ2) is 12.0. The van der Waals surface area contributed by atoms with E-state index >= 15 is 0 Å². The number of benzene rings is 2. The number of halogens is 1. The quantitative estimate of drug-likeness (QED) is 0.368. The lowest BCUT2D eigenvalue weighted by Crippen LogP contribution is -2.58. The molecule has 0 unspecified atom stereocenters. The minimum atomic E-state index is -1.61. The van der Waals surface area contributed by atoms with Gasteiger partial charge in [-0.1, -0.05) is 36.4 Å². The van der Waals surface area contributed by atoms with Gasteiger partial charge in [0, 0.05) is 28.3 Å². The molecule has 2 aromatic rings. The van der Waals surface area contributed by atoms with Gasteiger partial charge in [0.25, 0.3) is 11.8 Å². The fraction of sp³-hybridized carbons (Fsp3) is 0.423. The number of hydrogen-bond acceptors (Lipinski definition) is 6. The summed E-state index contributed by atoms with van der Waals surface area (Å²) in [5.74, 6) is -1.08. The Morgan fingerprint density at radius 1 is 1.17 bits per heavy atom. The Morgan fingerprint density at radius 3 is 2.53 bits per heavy atom. The van der Waals surface area contributed by atoms with E-state index < -0.39 is 34.7 Å². The summed E-state index contributed by atoms with van der Waals surface area (Å²) in [5, 5.41) is 26.8. The van der Waals surface area contributed by atoms with E-state index in [2.05, 4.69) is 10.6 Å². The number of thioether (sulfide) groups is 1. The highest BCUT2D eigenvalue weighted by atomic mass is 35.5. The molecule has 0 radical (unpaired) electrons. The lowest BCUT2D eigenvalue weighted by molar-refractivity contribution is -0.147. The van der Waals surface area contributed by atoms with Crippen molar-refractivity contribution in [1.29, 1.82) is 0 Å². The molecular formula is C26H32ClN3O5S. The molecular weight excluding hydrogens is 502 g/mol. The van der Waals surface area contributed by atoms with Gasteiger partial charge in [-0.15, -0.1) is 23.4 Å². The molecule has 4 N–H and O–H groups in total. The Kier molecular flexibility index (Phi) is 9.27. The van der Waals surface area contributed by atoms with Crippen molar-refractivity contribution < 1.29 is 24.6 Å². The van der Waals surface area contributed by atoms with Crippen molar-refractivity contribution in [2.45, 2.75) is 50.1 Å². The summed E-state index contributed by atoms with van der Waals surface area (Å²) in [6.45, 7) is 5.62. The zero-order valence-corrected chi connectivity index (χ0v) is 22.1. The van der Waals surface area contributed by atoms with Crippen molar-refractivity contribution in [2.24, 2.45) is 0 Å². The highest BCUT2D eigenvalue weighted by molar-refractivity contribution is 8.00. The summed E-state index contributed by atoms with van der Waals surface area (Å²) >= 11 is 7.15. The molecule has 36 heavy (non-hydrogen) atoms. The highest BCUT2D eigenvalue weighted by Crippen LogP contribution is 2.39. The van der Waals surface area contributed by atoms with Crippen molar-refractivity contribution in [2.75, 3.05) is 18.3 Å². The first-order chi connectivity index (χ1) is 17.1. The first kappa shape index (κ1) is 27.8. The van der Waals surface area contributed by atoms with E-state index in [9.17, 15) is 24.6 Å². The summed E-state index contributed by atoms with van der Waals surface area (Å²) in [5.41, 5.74) is 1.45. The maximum Gasteiger partial charge on any atom is 0.254 e. The van der Waals surface area contributed by atoms with Crippen LogP contribution in [-0.2, 0) is 16.0 Å². The Balaban J connectivity index is 1.87. The van der Waals surface area contributed by atoms with E-state index in [1.807, 2.05) is 44.2 Å². The van der Waals surface area contributed by atoms with Crippen LogP contribution in [0.5, 0.6) is 5.75 Å². The van der Waals surface area contributed by atoms with Crippen LogP contribution in [0.1, 0.15) is 35.3 Å². The maximum absolute atomic E-state index is 13.6. The number of nitrogens with one attached hydrogen (secondary N) is 2. The molecule has 0 spiro atoms. The lowest BCUT2D eigenvalue weighted by atomic mass is 9.96. The molecule has 1 aliphatic heterocycles. The van der Waals surface area contributed by atoms with Gasteiger partial charge in [0.2, 0.25) is 5.91 Å². The van der Waals surface area contributed by atoms with E-state index in [0.717, 1.165) is 5.56 Å². The van der Waals surface area contributed by atoms with Gasteiger partial charge >= 0.3 is 0 Å². The molecule has 1 aliphatic rings. The highest BCUT2D eigenvalue weighted by Gasteiger charge is 2.49. The molecule has 10 heteroatoms. The number of nitrogens with zero attached hydrogens (tertiary/aromatic N) is 1. The average molecular weight is 534 g/mol. The van der Waals surface area contributed by atoms with Crippen LogP contribution >= 0.6 is 23.4 Å². The van der Waals surface area contributed by atoms with Gasteiger partial charge < -0.3 is 25.7 Å². The fourth-order valence-electron chi connectivity index (χ4n) is 4.25.